The van der Waals surface area contributed by atoms with Crippen molar-refractivity contribution >= 4 is 98.0 Å². The third kappa shape index (κ3) is 12.5. The maximum atomic E-state index is 16.5. The molecule has 0 bridgehead atoms. The first kappa shape index (κ1) is 56.0. The number of nitrogens with two attached hydrogens (primary N) is 2. The topological polar surface area (TPSA) is 236 Å². The Bertz CT molecular complexity index is 3190. The van der Waals surface area contributed by atoms with E-state index < -0.39 is 63.4 Å². The summed E-state index contributed by atoms with van der Waals surface area (Å²) in [5, 5.41) is 4.38. The molecule has 3 amide bonds. The van der Waals surface area contributed by atoms with Gasteiger partial charge in [-0.2, -0.15) is 36.3 Å². The van der Waals surface area contributed by atoms with Gasteiger partial charge < -0.3 is 41.5 Å². The van der Waals surface area contributed by atoms with Gasteiger partial charge in [0.1, 0.15) is 56.6 Å². The molecule has 8 rings (SSSR count). The number of piperazine rings is 1. The molecular formula is C46H44Cl3F7N14O4S. The lowest BCUT2D eigenvalue weighted by Crippen LogP contribution is -2.53. The summed E-state index contributed by atoms with van der Waals surface area (Å²) in [5.41, 5.74) is 7.15. The van der Waals surface area contributed by atoms with Gasteiger partial charge in [0.05, 0.1) is 44.7 Å². The van der Waals surface area contributed by atoms with E-state index in [1.54, 1.807) is 11.8 Å². The number of likely N-dealkylation sites (N-methyl/N-ethyl adjacent to an activating group) is 1. The second-order valence-corrected chi connectivity index (χ2v) is 19.4. The van der Waals surface area contributed by atoms with Gasteiger partial charge in [0.2, 0.25) is 5.91 Å². The van der Waals surface area contributed by atoms with Gasteiger partial charge in [-0.25, -0.2) is 29.3 Å². The predicted molar refractivity (Wildman–Crippen MR) is 268 cm³/mol. The average molecular weight is 1130 g/mol. The highest BCUT2D eigenvalue weighted by Gasteiger charge is 2.39. The first-order valence-electron chi connectivity index (χ1n) is 22.4. The Labute approximate surface area is 441 Å². The van der Waals surface area contributed by atoms with E-state index in [1.807, 2.05) is 18.9 Å². The van der Waals surface area contributed by atoms with Crippen molar-refractivity contribution in [2.45, 2.75) is 64.1 Å². The van der Waals surface area contributed by atoms with Gasteiger partial charge in [-0.15, -0.1) is 11.3 Å². The second-order valence-electron chi connectivity index (χ2n) is 17.2. The van der Waals surface area contributed by atoms with Crippen molar-refractivity contribution in [3.05, 3.63) is 103 Å². The highest BCUT2D eigenvalue weighted by molar-refractivity contribution is 7.13. The van der Waals surface area contributed by atoms with Gasteiger partial charge in [-0.1, -0.05) is 41.4 Å². The van der Waals surface area contributed by atoms with Crippen molar-refractivity contribution in [2.75, 3.05) is 61.5 Å². The quantitative estimate of drug-likeness (QED) is 0.0699. The lowest BCUT2D eigenvalue weighted by molar-refractivity contribution is -0.138. The third-order valence-electron chi connectivity index (χ3n) is 12.0. The highest BCUT2D eigenvalue weighted by atomic mass is 35.5. The smallest absolute Gasteiger partial charge is 0.418 e. The summed E-state index contributed by atoms with van der Waals surface area (Å²) in [6.07, 6.45) is -3.32. The van der Waals surface area contributed by atoms with E-state index in [-0.39, 0.29) is 91.0 Å². The molecule has 7 heterocycles. The summed E-state index contributed by atoms with van der Waals surface area (Å²) in [5.74, 6) is -3.01. The molecule has 6 N–H and O–H groups in total. The Hall–Kier alpha value is -6.74. The van der Waals surface area contributed by atoms with Crippen molar-refractivity contribution in [3.63, 3.8) is 0 Å². The Morgan fingerprint density at radius 1 is 0.960 bits per heavy atom. The normalized spacial score (nSPS) is 16.6. The number of aryl methyl sites for hydroxylation is 1. The molecule has 3 atom stereocenters. The average Bonchev–Trinajstić information content (AvgIpc) is 4.01. The first-order valence-corrected chi connectivity index (χ1v) is 24.3. The van der Waals surface area contributed by atoms with E-state index in [4.69, 9.17) is 51.0 Å². The molecular weight excluding hydrogens is 1080 g/mol. The zero-order valence-electron chi connectivity index (χ0n) is 39.9. The van der Waals surface area contributed by atoms with Crippen LogP contribution in [-0.2, 0) is 17.1 Å². The number of fused-ring (bicyclic) bond motifs is 1. The number of nitrogens with zero attached hydrogens (tertiary/aromatic N) is 10. The maximum Gasteiger partial charge on any atom is 0.418 e. The van der Waals surface area contributed by atoms with Gasteiger partial charge in [0, 0.05) is 43.3 Å². The van der Waals surface area contributed by atoms with Crippen LogP contribution in [0.3, 0.4) is 0 Å². The number of halogens is 10. The van der Waals surface area contributed by atoms with Crippen LogP contribution in [0.2, 0.25) is 15.1 Å². The first-order chi connectivity index (χ1) is 35.3. The molecule has 0 radical (unpaired) electrons. The molecule has 398 valence electrons. The Morgan fingerprint density at radius 3 is 2.35 bits per heavy atom. The minimum atomic E-state index is -4.86. The zero-order chi connectivity index (χ0) is 54.8. The third-order valence-corrected chi connectivity index (χ3v) is 14.1. The van der Waals surface area contributed by atoms with Crippen LogP contribution >= 0.6 is 46.1 Å². The monoisotopic (exact) mass is 1130 g/mol. The van der Waals surface area contributed by atoms with Gasteiger partial charge >= 0.3 is 18.4 Å². The van der Waals surface area contributed by atoms with Crippen LogP contribution < -0.4 is 31.7 Å². The fourth-order valence-electron chi connectivity index (χ4n) is 8.22. The Kier molecular flexibility index (Phi) is 16.9. The fourth-order valence-corrected chi connectivity index (χ4v) is 9.71. The van der Waals surface area contributed by atoms with Crippen molar-refractivity contribution in [3.8, 4) is 17.3 Å². The van der Waals surface area contributed by atoms with Crippen molar-refractivity contribution in [1.82, 2.24) is 50.0 Å². The van der Waals surface area contributed by atoms with E-state index in [2.05, 4.69) is 57.0 Å². The fraction of sp³-hybridized carbons (Fsp3) is 0.348. The molecule has 75 heavy (non-hydrogen) atoms. The molecule has 2 unspecified atom stereocenters. The Morgan fingerprint density at radius 2 is 1.69 bits per heavy atom. The van der Waals surface area contributed by atoms with Crippen LogP contribution in [0.4, 0.5) is 54.0 Å². The van der Waals surface area contributed by atoms with Crippen molar-refractivity contribution in [2.24, 2.45) is 0 Å². The minimum absolute atomic E-state index is 0.0582. The SMILES string of the molecule is C=CC(=O)N1CCN(c2nc(OCC3CCCN3C)nc3c(F)c(-c4nc(N)cc(C)c4C(F)(F)F)c(Cl)cc23)C(C)C1.C[C@@H](NC(=O)c1ncnc(N)c1Cl)c1ncc(C(=O)Nc2cc(C(F)(F)F)c(Cl)cn2)s1. The summed E-state index contributed by atoms with van der Waals surface area (Å²) >= 11 is 18.9. The predicted octanol–water partition coefficient (Wildman–Crippen LogP) is 9.07. The second kappa shape index (κ2) is 22.6. The zero-order valence-corrected chi connectivity index (χ0v) is 43.0. The largest absolute Gasteiger partial charge is 0.462 e. The van der Waals surface area contributed by atoms with E-state index in [0.717, 1.165) is 49.3 Å². The number of carbonyl (C=O) groups excluding carboxylic acids is 3. The molecule has 29 heteroatoms. The van der Waals surface area contributed by atoms with E-state index in [9.17, 15) is 40.7 Å². The molecule has 1 aromatic carbocycles. The number of pyridine rings is 2. The number of rotatable bonds is 11. The number of amides is 3. The molecule has 0 saturated carbocycles. The van der Waals surface area contributed by atoms with Crippen LogP contribution in [-0.4, -0.2) is 114 Å². The number of hydrogen-bond donors (Lipinski definition) is 4. The van der Waals surface area contributed by atoms with Crippen LogP contribution in [0.1, 0.15) is 74.6 Å². The number of benzene rings is 1. The molecule has 5 aromatic heterocycles. The number of ether oxygens (including phenoxy) is 1. The number of nitrogen functional groups attached to an aromatic ring is 2. The standard InChI is InChI=1S/C29H32ClF4N7O2.C17H12Cl2F3N7O2S/c1-5-21(42)40-9-10-41(16(3)13-40)27-18-12-19(30)22(26-23(29(32,33)34)15(2)11-20(35)36-26)24(31)25(18)37-28(38-27)43-14-17-7-6-8-39(17)4;1-6(28-15(31)12-11(19)13(23)27-5-26-12)16-25-4-9(32-16)14(30)29-10-2-7(17(20,21)22)8(18)3-24-10/h5,11-12,16-17H,1,6-10,13-14H2,2-4H3,(H2,35,36);2-6H,1H3,(H,28,31)(H2,23,26,27)(H,24,29,30)/t;6-/m.1/s1. The van der Waals surface area contributed by atoms with Gasteiger partial charge in [0.15, 0.2) is 11.5 Å². The maximum absolute atomic E-state index is 16.5. The lowest BCUT2D eigenvalue weighted by atomic mass is 9.99. The number of alkyl halides is 6. The van der Waals surface area contributed by atoms with E-state index in [1.165, 1.54) is 25.3 Å². The number of carbonyl (C=O) groups is 3. The number of likely N-dealkylation sites (tertiary alicyclic amines) is 1. The molecule has 2 aliphatic heterocycles. The molecule has 2 aliphatic rings. The molecule has 2 fully saturated rings. The number of anilines is 4. The molecule has 0 aliphatic carbocycles. The summed E-state index contributed by atoms with van der Waals surface area (Å²) in [6, 6.07) is 2.11. The van der Waals surface area contributed by atoms with Crippen LogP contribution in [0, 0.1) is 12.7 Å². The highest BCUT2D eigenvalue weighted by Crippen LogP contribution is 2.45. The van der Waals surface area contributed by atoms with Gasteiger partial charge in [-0.05, 0) is 77.0 Å². The van der Waals surface area contributed by atoms with Gasteiger partial charge in [0.25, 0.3) is 11.8 Å². The van der Waals surface area contributed by atoms with Crippen LogP contribution in [0.5, 0.6) is 6.01 Å². The van der Waals surface area contributed by atoms with Crippen molar-refractivity contribution in [1.29, 1.82) is 0 Å². The van der Waals surface area contributed by atoms with Crippen LogP contribution in [0.25, 0.3) is 22.2 Å². The Balaban J connectivity index is 0.000000229. The molecule has 2 saturated heterocycles. The minimum Gasteiger partial charge on any atom is -0.462 e. The van der Waals surface area contributed by atoms with Gasteiger partial charge in [-0.3, -0.25) is 14.4 Å². The van der Waals surface area contributed by atoms with Crippen LogP contribution in [0.15, 0.2) is 49.6 Å². The van der Waals surface area contributed by atoms with E-state index >= 15 is 4.39 Å². The number of hydrogen-bond acceptors (Lipinski definition) is 16. The molecule has 0 spiro atoms. The molecule has 6 aromatic rings. The summed E-state index contributed by atoms with van der Waals surface area (Å²) in [4.78, 5) is 70.8. The number of aromatic nitrogens is 7. The van der Waals surface area contributed by atoms with Crippen molar-refractivity contribution < 1.29 is 49.9 Å². The van der Waals surface area contributed by atoms with E-state index in [0.29, 0.717) is 30.7 Å². The molecule has 18 nitrogen and oxygen atoms in total. The number of nitrogens with one attached hydrogen (secondary N) is 2. The summed E-state index contributed by atoms with van der Waals surface area (Å²) in [7, 11) is 1.98. The number of thiazole rings is 1. The summed E-state index contributed by atoms with van der Waals surface area (Å²) in [6.45, 7) is 10.4. The summed E-state index contributed by atoms with van der Waals surface area (Å²) < 4.78 is 104. The lowest BCUT2D eigenvalue weighted by Gasteiger charge is -2.40.